The van der Waals surface area contributed by atoms with Crippen LogP contribution in [0.4, 0.5) is 0 Å². The van der Waals surface area contributed by atoms with E-state index in [1.165, 1.54) is 51.0 Å². The van der Waals surface area contributed by atoms with E-state index in [-0.39, 0.29) is 17.0 Å². The minimum Gasteiger partial charge on any atom is -0.457 e. The molecule has 0 fully saturated rings. The highest BCUT2D eigenvalue weighted by atomic mass is 16.3. The van der Waals surface area contributed by atoms with Gasteiger partial charge in [0.2, 0.25) is 0 Å². The van der Waals surface area contributed by atoms with Crippen molar-refractivity contribution in [3.05, 3.63) is 44.5 Å². The monoisotopic (exact) mass is 332 g/mol. The lowest BCUT2D eigenvalue weighted by atomic mass is 10.0. The molecule has 24 heavy (non-hydrogen) atoms. The van der Waals surface area contributed by atoms with Crippen molar-refractivity contribution in [3.63, 3.8) is 0 Å². The van der Waals surface area contributed by atoms with Crippen molar-refractivity contribution in [3.8, 4) is 0 Å². The van der Waals surface area contributed by atoms with Gasteiger partial charge in [-0.25, -0.2) is 0 Å². The van der Waals surface area contributed by atoms with Gasteiger partial charge in [0.1, 0.15) is 5.76 Å². The molecular formula is C21H32O3. The van der Waals surface area contributed by atoms with Crippen LogP contribution in [0.25, 0.3) is 0 Å². The highest BCUT2D eigenvalue weighted by Gasteiger charge is 2.15. The molecule has 1 rings (SSSR count). The van der Waals surface area contributed by atoms with E-state index in [9.17, 15) is 9.59 Å². The lowest BCUT2D eigenvalue weighted by Crippen LogP contribution is -2.16. The quantitative estimate of drug-likeness (QED) is 0.314. The summed E-state index contributed by atoms with van der Waals surface area (Å²) in [6.45, 7) is 9.22. The Morgan fingerprint density at radius 3 is 2.25 bits per heavy atom. The van der Waals surface area contributed by atoms with Crippen LogP contribution in [0.3, 0.4) is 0 Å². The normalized spacial score (nSPS) is 11.8. The summed E-state index contributed by atoms with van der Waals surface area (Å²) in [5.74, 6) is 0.610. The van der Waals surface area contributed by atoms with E-state index in [4.69, 9.17) is 4.42 Å². The molecule has 0 saturated heterocycles. The number of hydrogen-bond donors (Lipinski definition) is 0. The zero-order valence-electron chi connectivity index (χ0n) is 16.0. The fourth-order valence-corrected chi connectivity index (χ4v) is 2.87. The van der Waals surface area contributed by atoms with Crippen LogP contribution >= 0.6 is 0 Å². The molecule has 0 amide bonds. The molecule has 0 aliphatic rings. The van der Waals surface area contributed by atoms with Gasteiger partial charge in [0.15, 0.2) is 17.0 Å². The van der Waals surface area contributed by atoms with E-state index in [0.717, 1.165) is 6.42 Å². The Hall–Kier alpha value is -1.64. The predicted molar refractivity (Wildman–Crippen MR) is 99.9 cm³/mol. The first-order chi connectivity index (χ1) is 11.4. The van der Waals surface area contributed by atoms with Gasteiger partial charge in [-0.3, -0.25) is 9.59 Å². The van der Waals surface area contributed by atoms with Gasteiger partial charge in [-0.1, -0.05) is 50.7 Å². The molecule has 0 bridgehead atoms. The second-order valence-corrected chi connectivity index (χ2v) is 6.76. The van der Waals surface area contributed by atoms with Crippen LogP contribution in [0.2, 0.25) is 0 Å². The van der Waals surface area contributed by atoms with E-state index in [1.54, 1.807) is 13.8 Å². The van der Waals surface area contributed by atoms with Crippen molar-refractivity contribution in [1.29, 1.82) is 0 Å². The van der Waals surface area contributed by atoms with Gasteiger partial charge in [0.25, 0.3) is 0 Å². The summed E-state index contributed by atoms with van der Waals surface area (Å²) in [6.07, 6.45) is 11.5. The molecule has 0 aliphatic heterocycles. The number of Topliss-reactive ketones (excluding diaryl/α,β-unsaturated/α-hetero) is 1. The molecule has 0 radical (unpaired) electrons. The minimum absolute atomic E-state index is 0.0802. The second kappa shape index (κ2) is 10.3. The first kappa shape index (κ1) is 20.4. The molecule has 3 heteroatoms. The van der Waals surface area contributed by atoms with Crippen LogP contribution < -0.4 is 5.43 Å². The van der Waals surface area contributed by atoms with Gasteiger partial charge in [0.05, 0.1) is 0 Å². The van der Waals surface area contributed by atoms with E-state index in [2.05, 4.69) is 19.9 Å². The SMILES string of the molecule is CCCCCCCC/C(C)=C/Cc1oc(C(C)=O)c(C)c(=O)c1C. The largest absolute Gasteiger partial charge is 0.457 e. The Kier molecular flexibility index (Phi) is 8.73. The zero-order valence-corrected chi connectivity index (χ0v) is 16.0. The van der Waals surface area contributed by atoms with Gasteiger partial charge in [-0.2, -0.15) is 0 Å². The van der Waals surface area contributed by atoms with Crippen molar-refractivity contribution in [2.45, 2.75) is 86.0 Å². The van der Waals surface area contributed by atoms with E-state index >= 15 is 0 Å². The molecule has 0 aliphatic carbocycles. The number of carbonyl (C=O) groups is 1. The Morgan fingerprint density at radius 1 is 1.00 bits per heavy atom. The average Bonchev–Trinajstić information content (AvgIpc) is 2.55. The third-order valence-electron chi connectivity index (χ3n) is 4.55. The molecule has 1 heterocycles. The number of ketones is 1. The number of carbonyl (C=O) groups excluding carboxylic acids is 1. The van der Waals surface area contributed by atoms with Gasteiger partial charge in [-0.15, -0.1) is 0 Å². The highest BCUT2D eigenvalue weighted by molar-refractivity contribution is 5.92. The van der Waals surface area contributed by atoms with Crippen LogP contribution in [-0.4, -0.2) is 5.78 Å². The maximum absolute atomic E-state index is 12.2. The van der Waals surface area contributed by atoms with E-state index < -0.39 is 0 Å². The number of allylic oxidation sites excluding steroid dienone is 2. The Labute approximate surface area is 146 Å². The maximum atomic E-state index is 12.2. The average molecular weight is 332 g/mol. The molecule has 0 N–H and O–H groups in total. The smallest absolute Gasteiger partial charge is 0.195 e. The zero-order chi connectivity index (χ0) is 18.1. The number of hydrogen-bond acceptors (Lipinski definition) is 3. The Bertz CT molecular complexity index is 635. The van der Waals surface area contributed by atoms with Crippen LogP contribution in [0.5, 0.6) is 0 Å². The van der Waals surface area contributed by atoms with Crippen molar-refractivity contribution >= 4 is 5.78 Å². The fourth-order valence-electron chi connectivity index (χ4n) is 2.87. The molecule has 0 aromatic carbocycles. The number of unbranched alkanes of at least 4 members (excludes halogenated alkanes) is 5. The molecule has 0 saturated carbocycles. The molecule has 1 aromatic heterocycles. The summed E-state index contributed by atoms with van der Waals surface area (Å²) in [5.41, 5.74) is 2.26. The molecule has 3 nitrogen and oxygen atoms in total. The molecule has 0 atom stereocenters. The van der Waals surface area contributed by atoms with Crippen molar-refractivity contribution in [1.82, 2.24) is 0 Å². The van der Waals surface area contributed by atoms with Crippen LogP contribution in [0.1, 0.15) is 93.2 Å². The summed E-state index contributed by atoms with van der Waals surface area (Å²) in [6, 6.07) is 0. The van der Waals surface area contributed by atoms with Crippen LogP contribution in [0.15, 0.2) is 20.9 Å². The molecule has 0 unspecified atom stereocenters. The third kappa shape index (κ3) is 6.10. The van der Waals surface area contributed by atoms with Gasteiger partial charge in [-0.05, 0) is 33.6 Å². The van der Waals surface area contributed by atoms with Crippen LogP contribution in [-0.2, 0) is 6.42 Å². The van der Waals surface area contributed by atoms with Gasteiger partial charge < -0.3 is 4.42 Å². The van der Waals surface area contributed by atoms with E-state index in [0.29, 0.717) is 23.3 Å². The van der Waals surface area contributed by atoms with Crippen molar-refractivity contribution < 1.29 is 9.21 Å². The third-order valence-corrected chi connectivity index (χ3v) is 4.55. The lowest BCUT2D eigenvalue weighted by Gasteiger charge is -2.08. The summed E-state index contributed by atoms with van der Waals surface area (Å²) < 4.78 is 5.71. The summed E-state index contributed by atoms with van der Waals surface area (Å²) in [4.78, 5) is 23.8. The molecule has 1 aromatic rings. The Balaban J connectivity index is 2.66. The first-order valence-corrected chi connectivity index (χ1v) is 9.18. The molecule has 0 spiro atoms. The number of rotatable bonds is 10. The highest BCUT2D eigenvalue weighted by Crippen LogP contribution is 2.16. The second-order valence-electron chi connectivity index (χ2n) is 6.76. The first-order valence-electron chi connectivity index (χ1n) is 9.18. The lowest BCUT2D eigenvalue weighted by molar-refractivity contribution is 0.0981. The summed E-state index contributed by atoms with van der Waals surface area (Å²) >= 11 is 0. The summed E-state index contributed by atoms with van der Waals surface area (Å²) in [7, 11) is 0. The predicted octanol–water partition coefficient (Wildman–Crippen LogP) is 5.70. The van der Waals surface area contributed by atoms with Gasteiger partial charge >= 0.3 is 0 Å². The van der Waals surface area contributed by atoms with E-state index in [1.807, 2.05) is 0 Å². The minimum atomic E-state index is -0.196. The van der Waals surface area contributed by atoms with Crippen LogP contribution in [0, 0.1) is 13.8 Å². The fraction of sp³-hybridized carbons (Fsp3) is 0.619. The van der Waals surface area contributed by atoms with Crippen molar-refractivity contribution in [2.75, 3.05) is 0 Å². The Morgan fingerprint density at radius 2 is 1.62 bits per heavy atom. The van der Waals surface area contributed by atoms with Crippen molar-refractivity contribution in [2.24, 2.45) is 0 Å². The van der Waals surface area contributed by atoms with Gasteiger partial charge in [0, 0.05) is 24.5 Å². The standard InChI is InChI=1S/C21H32O3/c1-6-7-8-9-10-11-12-15(2)13-14-19-16(3)20(23)17(4)21(24-19)18(5)22/h13H,6-12,14H2,1-5H3/b15-13+. The molecular weight excluding hydrogens is 300 g/mol. The summed E-state index contributed by atoms with van der Waals surface area (Å²) in [5, 5.41) is 0. The molecule has 134 valence electrons. The maximum Gasteiger partial charge on any atom is 0.195 e. The topological polar surface area (TPSA) is 47.3 Å².